The molecule has 5 nitrogen and oxygen atoms in total. The summed E-state index contributed by atoms with van der Waals surface area (Å²) >= 11 is 6.30. The van der Waals surface area contributed by atoms with Gasteiger partial charge in [0.05, 0.1) is 5.56 Å². The molecule has 0 saturated carbocycles. The number of likely N-dealkylation sites (tertiary alicyclic amines) is 2. The first-order valence-electron chi connectivity index (χ1n) is 10.3. The van der Waals surface area contributed by atoms with Crippen molar-refractivity contribution < 1.29 is 18.4 Å². The van der Waals surface area contributed by atoms with Crippen LogP contribution in [0.2, 0.25) is 5.02 Å². The third kappa shape index (κ3) is 4.29. The molecule has 31 heavy (non-hydrogen) atoms. The van der Waals surface area contributed by atoms with Gasteiger partial charge in [-0.2, -0.15) is 0 Å². The van der Waals surface area contributed by atoms with Crippen molar-refractivity contribution >= 4 is 23.4 Å². The van der Waals surface area contributed by atoms with Crippen molar-refractivity contribution in [2.45, 2.75) is 19.4 Å². The van der Waals surface area contributed by atoms with Crippen LogP contribution in [0.3, 0.4) is 0 Å². The highest BCUT2D eigenvalue weighted by molar-refractivity contribution is 6.31. The van der Waals surface area contributed by atoms with E-state index in [1.54, 1.807) is 4.90 Å². The summed E-state index contributed by atoms with van der Waals surface area (Å²) in [4.78, 5) is 28.3. The van der Waals surface area contributed by atoms with Gasteiger partial charge >= 0.3 is 0 Å². The Morgan fingerprint density at radius 1 is 1.13 bits per heavy atom. The summed E-state index contributed by atoms with van der Waals surface area (Å²) in [7, 11) is 0. The molecule has 2 fully saturated rings. The molecule has 0 aromatic heterocycles. The monoisotopic (exact) mass is 447 g/mol. The largest absolute Gasteiger partial charge is 0.370 e. The highest BCUT2D eigenvalue weighted by Crippen LogP contribution is 2.38. The molecule has 2 aromatic rings. The molecule has 3 atom stereocenters. The van der Waals surface area contributed by atoms with E-state index in [1.165, 1.54) is 12.1 Å². The smallest absolute Gasteiger partial charge is 0.256 e. The molecule has 2 aliphatic heterocycles. The van der Waals surface area contributed by atoms with Crippen molar-refractivity contribution in [2.75, 3.05) is 26.2 Å². The Hall–Kier alpha value is -2.51. The third-order valence-electron chi connectivity index (χ3n) is 6.40. The molecule has 3 unspecified atom stereocenters. The fraction of sp³-hybridized carbons (Fsp3) is 0.391. The Bertz CT molecular complexity index is 1020. The third-order valence-corrected chi connectivity index (χ3v) is 6.81. The van der Waals surface area contributed by atoms with E-state index in [2.05, 4.69) is 4.90 Å². The van der Waals surface area contributed by atoms with E-state index in [9.17, 15) is 18.4 Å². The van der Waals surface area contributed by atoms with E-state index in [-0.39, 0.29) is 29.9 Å². The van der Waals surface area contributed by atoms with E-state index < -0.39 is 23.4 Å². The van der Waals surface area contributed by atoms with E-state index in [4.69, 9.17) is 17.3 Å². The van der Waals surface area contributed by atoms with Crippen LogP contribution in [0.4, 0.5) is 8.78 Å². The summed E-state index contributed by atoms with van der Waals surface area (Å²) < 4.78 is 27.6. The molecule has 2 N–H and O–H groups in total. The Kier molecular flexibility index (Phi) is 5.99. The summed E-state index contributed by atoms with van der Waals surface area (Å²) in [6.07, 6.45) is 0.177. The Balaban J connectivity index is 1.48. The highest BCUT2D eigenvalue weighted by Gasteiger charge is 2.44. The number of carbonyl (C=O) groups is 2. The molecule has 0 spiro atoms. The van der Waals surface area contributed by atoms with Crippen molar-refractivity contribution in [3.05, 3.63) is 69.7 Å². The van der Waals surface area contributed by atoms with Gasteiger partial charge < -0.3 is 10.6 Å². The fourth-order valence-electron chi connectivity index (χ4n) is 4.75. The van der Waals surface area contributed by atoms with E-state index in [0.29, 0.717) is 31.2 Å². The number of benzene rings is 2. The molecule has 2 aliphatic rings. The van der Waals surface area contributed by atoms with Gasteiger partial charge in [0, 0.05) is 43.7 Å². The summed E-state index contributed by atoms with van der Waals surface area (Å²) in [5.74, 6) is -2.63. The van der Waals surface area contributed by atoms with Gasteiger partial charge in [-0.15, -0.1) is 0 Å². The minimum atomic E-state index is -1.11. The predicted molar refractivity (Wildman–Crippen MR) is 114 cm³/mol. The average molecular weight is 448 g/mol. The van der Waals surface area contributed by atoms with Crippen LogP contribution < -0.4 is 5.73 Å². The number of hydrogen-bond donors (Lipinski definition) is 1. The zero-order valence-electron chi connectivity index (χ0n) is 17.2. The van der Waals surface area contributed by atoms with Gasteiger partial charge in [-0.1, -0.05) is 29.8 Å². The fourth-order valence-corrected chi connectivity index (χ4v) is 4.94. The van der Waals surface area contributed by atoms with Crippen molar-refractivity contribution in [1.29, 1.82) is 0 Å². The van der Waals surface area contributed by atoms with Crippen molar-refractivity contribution in [3.63, 3.8) is 0 Å². The lowest BCUT2D eigenvalue weighted by molar-refractivity contribution is -0.119. The van der Waals surface area contributed by atoms with Crippen LogP contribution in [-0.4, -0.2) is 47.8 Å². The molecule has 0 bridgehead atoms. The molecule has 2 amide bonds. The topological polar surface area (TPSA) is 66.6 Å². The van der Waals surface area contributed by atoms with E-state index >= 15 is 0 Å². The van der Waals surface area contributed by atoms with Gasteiger partial charge in [0.2, 0.25) is 5.91 Å². The van der Waals surface area contributed by atoms with Crippen LogP contribution in [0.5, 0.6) is 0 Å². The number of hydrogen-bond acceptors (Lipinski definition) is 3. The van der Waals surface area contributed by atoms with Crippen LogP contribution in [0.15, 0.2) is 36.4 Å². The van der Waals surface area contributed by atoms with Gasteiger partial charge in [0.1, 0.15) is 0 Å². The molecule has 2 heterocycles. The van der Waals surface area contributed by atoms with Crippen LogP contribution in [0, 0.1) is 30.4 Å². The summed E-state index contributed by atoms with van der Waals surface area (Å²) in [5, 5.41) is 0.639. The molecule has 164 valence electrons. The highest BCUT2D eigenvalue weighted by atomic mass is 35.5. The lowest BCUT2D eigenvalue weighted by Crippen LogP contribution is -2.36. The van der Waals surface area contributed by atoms with Gasteiger partial charge in [0.25, 0.3) is 5.91 Å². The Morgan fingerprint density at radius 3 is 2.42 bits per heavy atom. The maximum absolute atomic E-state index is 14.0. The van der Waals surface area contributed by atoms with Crippen molar-refractivity contribution in [3.8, 4) is 0 Å². The van der Waals surface area contributed by atoms with Crippen LogP contribution in [0.1, 0.15) is 33.9 Å². The van der Waals surface area contributed by atoms with Crippen LogP contribution in [-0.2, 0) is 4.79 Å². The molecule has 0 radical (unpaired) electrons. The summed E-state index contributed by atoms with van der Waals surface area (Å²) in [6.45, 7) is 4.22. The first-order chi connectivity index (χ1) is 14.7. The summed E-state index contributed by atoms with van der Waals surface area (Å²) in [5.41, 5.74) is 7.17. The predicted octanol–water partition coefficient (Wildman–Crippen LogP) is 3.55. The standard InChI is InChI=1S/C23H24ClF2N3O2/c1-13-5-6-14(7-18(13)24)20(8-21(27)30)28-9-15-11-29(12-16(15)10-28)23(31)17-3-2-4-19(25)22(17)26/h2-7,15-16,20H,8-12H2,1H3,(H2,27,30). The Labute approximate surface area is 184 Å². The lowest BCUT2D eigenvalue weighted by atomic mass is 10.0. The number of amides is 2. The molecule has 2 aromatic carbocycles. The maximum Gasteiger partial charge on any atom is 0.256 e. The van der Waals surface area contributed by atoms with Gasteiger partial charge in [-0.05, 0) is 48.1 Å². The second-order valence-corrected chi connectivity index (χ2v) is 8.89. The lowest BCUT2D eigenvalue weighted by Gasteiger charge is -2.29. The molecule has 4 rings (SSSR count). The van der Waals surface area contributed by atoms with Gasteiger partial charge in [-0.3, -0.25) is 14.5 Å². The van der Waals surface area contributed by atoms with Crippen molar-refractivity contribution in [1.82, 2.24) is 9.80 Å². The van der Waals surface area contributed by atoms with Crippen LogP contribution >= 0.6 is 11.6 Å². The normalized spacial score (nSPS) is 21.9. The molecule has 8 heteroatoms. The number of aryl methyl sites for hydroxylation is 1. The summed E-state index contributed by atoms with van der Waals surface area (Å²) in [6, 6.07) is 9.23. The number of rotatable bonds is 5. The molecular formula is C23H24ClF2N3O2. The number of carbonyl (C=O) groups excluding carboxylic acids is 2. The first kappa shape index (κ1) is 21.7. The zero-order chi connectivity index (χ0) is 22.3. The van der Waals surface area contributed by atoms with E-state index in [1.807, 2.05) is 25.1 Å². The SMILES string of the molecule is Cc1ccc(C(CC(N)=O)N2CC3CN(C(=O)c4cccc(F)c4F)CC3C2)cc1Cl. The number of primary amides is 1. The zero-order valence-corrected chi connectivity index (χ0v) is 17.9. The number of fused-ring (bicyclic) bond motifs is 1. The average Bonchev–Trinajstić information content (AvgIpc) is 3.29. The Morgan fingerprint density at radius 2 is 1.81 bits per heavy atom. The van der Waals surface area contributed by atoms with Crippen molar-refractivity contribution in [2.24, 2.45) is 17.6 Å². The minimum Gasteiger partial charge on any atom is -0.370 e. The van der Waals surface area contributed by atoms with E-state index in [0.717, 1.165) is 17.2 Å². The van der Waals surface area contributed by atoms with Crippen LogP contribution in [0.25, 0.3) is 0 Å². The quantitative estimate of drug-likeness (QED) is 0.762. The number of nitrogens with zero attached hydrogens (tertiary/aromatic N) is 2. The molecule has 2 saturated heterocycles. The minimum absolute atomic E-state index is 0.177. The maximum atomic E-state index is 14.0. The molecular weight excluding hydrogens is 424 g/mol. The molecule has 0 aliphatic carbocycles. The number of nitrogens with two attached hydrogens (primary N) is 1. The van der Waals surface area contributed by atoms with Gasteiger partial charge in [0.15, 0.2) is 11.6 Å². The second kappa shape index (κ2) is 8.55. The number of halogens is 3. The second-order valence-electron chi connectivity index (χ2n) is 8.48. The first-order valence-corrected chi connectivity index (χ1v) is 10.6. The van der Waals surface area contributed by atoms with Gasteiger partial charge in [-0.25, -0.2) is 8.78 Å².